The number of hydrogen-bond acceptors (Lipinski definition) is 5. The molecule has 14 heavy (non-hydrogen) atoms. The summed E-state index contributed by atoms with van der Waals surface area (Å²) in [7, 11) is 0. The molecule has 0 aliphatic heterocycles. The predicted molar refractivity (Wildman–Crippen MR) is 46.6 cm³/mol. The van der Waals surface area contributed by atoms with Crippen molar-refractivity contribution in [3.63, 3.8) is 0 Å². The summed E-state index contributed by atoms with van der Waals surface area (Å²) in [4.78, 5) is 12.9. The third-order valence-electron chi connectivity index (χ3n) is 1.68. The molecular formula is C8H12N2O4. The van der Waals surface area contributed by atoms with E-state index < -0.39 is 0 Å². The molecule has 6 heteroatoms. The molecule has 0 unspecified atom stereocenters. The maximum absolute atomic E-state index is 11.6. The molecule has 0 aliphatic carbocycles. The smallest absolute Gasteiger partial charge is 0.276 e. The quantitative estimate of drug-likeness (QED) is 0.643. The number of hydrogen-bond donors (Lipinski definition) is 2. The highest BCUT2D eigenvalue weighted by molar-refractivity contribution is 5.92. The molecule has 0 aliphatic rings. The van der Waals surface area contributed by atoms with Crippen LogP contribution in [0.4, 0.5) is 0 Å². The average Bonchev–Trinajstić information content (AvgIpc) is 2.69. The van der Waals surface area contributed by atoms with Crippen molar-refractivity contribution < 1.29 is 19.5 Å². The van der Waals surface area contributed by atoms with Crippen LogP contribution in [-0.4, -0.2) is 52.5 Å². The minimum Gasteiger partial charge on any atom is -0.395 e. The molecule has 78 valence electrons. The van der Waals surface area contributed by atoms with E-state index in [1.165, 1.54) is 17.2 Å². The fraction of sp³-hybridized carbons (Fsp3) is 0.500. The van der Waals surface area contributed by atoms with Crippen LogP contribution in [-0.2, 0) is 0 Å². The third-order valence-corrected chi connectivity index (χ3v) is 1.68. The molecule has 0 radical (unpaired) electrons. The molecule has 0 fully saturated rings. The zero-order valence-electron chi connectivity index (χ0n) is 7.59. The van der Waals surface area contributed by atoms with Gasteiger partial charge in [-0.2, -0.15) is 0 Å². The Morgan fingerprint density at radius 3 is 2.50 bits per heavy atom. The Morgan fingerprint density at radius 2 is 2.07 bits per heavy atom. The topological polar surface area (TPSA) is 86.8 Å². The Balaban J connectivity index is 2.63. The number of aliphatic hydroxyl groups excluding tert-OH is 2. The van der Waals surface area contributed by atoms with Crippen LogP contribution in [0.5, 0.6) is 0 Å². The van der Waals surface area contributed by atoms with Gasteiger partial charge in [-0.15, -0.1) is 0 Å². The molecule has 1 aromatic heterocycles. The summed E-state index contributed by atoms with van der Waals surface area (Å²) >= 11 is 0. The van der Waals surface area contributed by atoms with E-state index in [2.05, 4.69) is 9.68 Å². The lowest BCUT2D eigenvalue weighted by molar-refractivity contribution is 0.0674. The van der Waals surface area contributed by atoms with Crippen molar-refractivity contribution in [2.45, 2.75) is 0 Å². The SMILES string of the molecule is O=C(c1ccon1)N(CCO)CCO. The Bertz CT molecular complexity index is 267. The number of nitrogens with zero attached hydrogens (tertiary/aromatic N) is 2. The van der Waals surface area contributed by atoms with Gasteiger partial charge in [0, 0.05) is 19.2 Å². The number of aromatic nitrogens is 1. The molecular weight excluding hydrogens is 188 g/mol. The molecule has 2 N–H and O–H groups in total. The van der Waals surface area contributed by atoms with E-state index in [0.29, 0.717) is 0 Å². The molecule has 0 atom stereocenters. The van der Waals surface area contributed by atoms with Crippen LogP contribution in [0.15, 0.2) is 16.9 Å². The molecule has 0 saturated heterocycles. The van der Waals surface area contributed by atoms with Gasteiger partial charge in [-0.05, 0) is 0 Å². The Kier molecular flexibility index (Phi) is 4.09. The molecule has 6 nitrogen and oxygen atoms in total. The third kappa shape index (κ3) is 2.54. The van der Waals surface area contributed by atoms with E-state index in [1.54, 1.807) is 0 Å². The summed E-state index contributed by atoms with van der Waals surface area (Å²) in [5.74, 6) is -0.359. The Labute approximate surface area is 80.7 Å². The highest BCUT2D eigenvalue weighted by Crippen LogP contribution is 2.01. The Hall–Kier alpha value is -1.40. The lowest BCUT2D eigenvalue weighted by Crippen LogP contribution is -2.36. The van der Waals surface area contributed by atoms with Gasteiger partial charge in [0.1, 0.15) is 6.26 Å². The summed E-state index contributed by atoms with van der Waals surface area (Å²) < 4.78 is 4.52. The zero-order chi connectivity index (χ0) is 10.4. The fourth-order valence-electron chi connectivity index (χ4n) is 1.04. The van der Waals surface area contributed by atoms with Crippen molar-refractivity contribution in [2.24, 2.45) is 0 Å². The first-order valence-electron chi connectivity index (χ1n) is 4.21. The summed E-state index contributed by atoms with van der Waals surface area (Å²) in [6, 6.07) is 1.43. The van der Waals surface area contributed by atoms with E-state index in [4.69, 9.17) is 10.2 Å². The second kappa shape index (κ2) is 5.36. The maximum atomic E-state index is 11.6. The Morgan fingerprint density at radius 1 is 1.43 bits per heavy atom. The van der Waals surface area contributed by atoms with E-state index in [-0.39, 0.29) is 37.9 Å². The van der Waals surface area contributed by atoms with Crippen LogP contribution < -0.4 is 0 Å². The molecule has 0 aromatic carbocycles. The van der Waals surface area contributed by atoms with Crippen LogP contribution in [0.3, 0.4) is 0 Å². The fourth-order valence-corrected chi connectivity index (χ4v) is 1.04. The van der Waals surface area contributed by atoms with Crippen molar-refractivity contribution in [2.75, 3.05) is 26.3 Å². The summed E-state index contributed by atoms with van der Waals surface area (Å²) in [6.45, 7) is 0.0473. The zero-order valence-corrected chi connectivity index (χ0v) is 7.59. The van der Waals surface area contributed by atoms with Crippen LogP contribution in [0, 0.1) is 0 Å². The molecule has 0 saturated carbocycles. The van der Waals surface area contributed by atoms with Crippen molar-refractivity contribution in [3.05, 3.63) is 18.0 Å². The van der Waals surface area contributed by atoms with Gasteiger partial charge >= 0.3 is 0 Å². The van der Waals surface area contributed by atoms with Gasteiger partial charge in [-0.25, -0.2) is 0 Å². The van der Waals surface area contributed by atoms with Gasteiger partial charge in [-0.1, -0.05) is 5.16 Å². The van der Waals surface area contributed by atoms with Gasteiger partial charge < -0.3 is 19.6 Å². The summed E-state index contributed by atoms with van der Waals surface area (Å²) in [5.41, 5.74) is 0.173. The highest BCUT2D eigenvalue weighted by Gasteiger charge is 2.16. The van der Waals surface area contributed by atoms with Gasteiger partial charge in [0.25, 0.3) is 5.91 Å². The van der Waals surface area contributed by atoms with Crippen molar-refractivity contribution >= 4 is 5.91 Å². The first kappa shape index (κ1) is 10.7. The predicted octanol–water partition coefficient (Wildman–Crippen LogP) is -0.899. The highest BCUT2D eigenvalue weighted by atomic mass is 16.5. The first-order chi connectivity index (χ1) is 6.79. The van der Waals surface area contributed by atoms with Crippen LogP contribution in [0.2, 0.25) is 0 Å². The summed E-state index contributed by atoms with van der Waals surface area (Å²) in [6.07, 6.45) is 1.29. The summed E-state index contributed by atoms with van der Waals surface area (Å²) in [5, 5.41) is 20.9. The van der Waals surface area contributed by atoms with E-state index in [1.807, 2.05) is 0 Å². The van der Waals surface area contributed by atoms with Crippen LogP contribution >= 0.6 is 0 Å². The minimum absolute atomic E-state index is 0.149. The van der Waals surface area contributed by atoms with Gasteiger partial charge in [-0.3, -0.25) is 4.79 Å². The van der Waals surface area contributed by atoms with Gasteiger partial charge in [0.05, 0.1) is 13.2 Å². The number of amides is 1. The first-order valence-corrected chi connectivity index (χ1v) is 4.21. The molecule has 1 amide bonds. The number of rotatable bonds is 5. The minimum atomic E-state index is -0.359. The van der Waals surface area contributed by atoms with Gasteiger partial charge in [0.2, 0.25) is 0 Å². The van der Waals surface area contributed by atoms with E-state index in [0.717, 1.165) is 0 Å². The van der Waals surface area contributed by atoms with Crippen molar-refractivity contribution in [1.29, 1.82) is 0 Å². The average molecular weight is 200 g/mol. The lowest BCUT2D eigenvalue weighted by Gasteiger charge is -2.18. The molecule has 0 bridgehead atoms. The number of aliphatic hydroxyl groups is 2. The van der Waals surface area contributed by atoms with Crippen LogP contribution in [0.1, 0.15) is 10.5 Å². The van der Waals surface area contributed by atoms with Crippen LogP contribution in [0.25, 0.3) is 0 Å². The normalized spacial score (nSPS) is 10.1. The number of carbonyl (C=O) groups is 1. The molecule has 0 spiro atoms. The second-order valence-electron chi connectivity index (χ2n) is 2.62. The van der Waals surface area contributed by atoms with Crippen molar-refractivity contribution in [3.8, 4) is 0 Å². The van der Waals surface area contributed by atoms with Crippen molar-refractivity contribution in [1.82, 2.24) is 10.1 Å². The monoisotopic (exact) mass is 200 g/mol. The van der Waals surface area contributed by atoms with Gasteiger partial charge in [0.15, 0.2) is 5.69 Å². The molecule has 1 aromatic rings. The largest absolute Gasteiger partial charge is 0.395 e. The lowest BCUT2D eigenvalue weighted by atomic mass is 10.3. The standard InChI is InChI=1S/C8H12N2O4/c11-4-2-10(3-5-12)8(13)7-1-6-14-9-7/h1,6,11-12H,2-5H2. The second-order valence-corrected chi connectivity index (χ2v) is 2.62. The molecule has 1 heterocycles. The van der Waals surface area contributed by atoms with E-state index in [9.17, 15) is 4.79 Å². The number of carbonyl (C=O) groups excluding carboxylic acids is 1. The maximum Gasteiger partial charge on any atom is 0.276 e. The molecule has 1 rings (SSSR count). The van der Waals surface area contributed by atoms with E-state index >= 15 is 0 Å².